The van der Waals surface area contributed by atoms with Gasteiger partial charge in [0.05, 0.1) is 41.4 Å². The Balaban J connectivity index is -0.0000000725. The second-order valence-corrected chi connectivity index (χ2v) is 40.4. The van der Waals surface area contributed by atoms with Crippen molar-refractivity contribution in [3.05, 3.63) is 0 Å². The largest absolute Gasteiger partial charge is 0.492 e. The molecule has 880 valence electrons. The normalized spacial score (nSPS) is 20.5. The van der Waals surface area contributed by atoms with Gasteiger partial charge in [-0.1, -0.05) is 172 Å². The van der Waals surface area contributed by atoms with Crippen LogP contribution in [0.25, 0.3) is 0 Å². The Morgan fingerprint density at radius 3 is 1.01 bits per heavy atom. The summed E-state index contributed by atoms with van der Waals surface area (Å²) in [5, 5.41) is 39.6. The topological polar surface area (TPSA) is 385 Å². The average Bonchev–Trinajstić information content (AvgIpc) is 0.784. The molecule has 0 aromatic rings. The number of nitrogens with zero attached hydrogens (tertiary/aromatic N) is 4. The first-order chi connectivity index (χ1) is 60.5. The van der Waals surface area contributed by atoms with Crippen LogP contribution in [0.1, 0.15) is 263 Å². The number of alkyl carbamates (subject to hydrolysis) is 3. The Labute approximate surface area is 855 Å². The van der Waals surface area contributed by atoms with Crippen LogP contribution in [-0.4, -0.2) is 228 Å². The molecule has 3 amide bonds. The molecule has 4 aliphatic carbocycles. The number of amides is 3. The standard InChI is InChI=1S/C13H23FN2O4.C13H21FN2O3.C13H23FN2O2.C12H18N2O2.3C4H2F8O3.C3H7F.C2H5FO.CH3FO.12CH4.HI2P/c1-12(2)5-9(15-10(17)20-8-14)6-13(3,7-12)16-11(18)19-4;1-12(2)4-10(16-11(18)19-8-14)5-13(3,6-12)7-15-9-17;1-12(2)6-11(16-18-5-4-14)7-13(3,8-12)9-17-10-15;1-11(2)4-10(16-8-13)5-12(3,6-11)7-14-9-15;3*5-1-13-4(10,11)14-2(6,7)3(8,9)15-12;1-2-3-4;3-1-2-4;2-1-3;;;;;;;;;;;;;1-3-2/h9H,5-8H2,1-4H3,(H,15,17)(H,16,18);10H,4-8H2,1-3H3,(H,16,18);11,16H,4-9H2,1-3H3;10H,4-7H2,1-3H3;3*1H2;2-3H2,1H3;4H,1-2H2;3H,1H2;12*1H4;3H/i;;;;;;;;;;;;;;;;;;;;;;3D. The molecule has 0 bridgehead atoms. The summed E-state index contributed by atoms with van der Waals surface area (Å²) in [5.41, 5.74) is 2.35. The molecule has 0 heterocycles. The maximum absolute atomic E-state index is 12.0. The molecular weight excluding hydrogens is 2290 g/mol. The number of nitriles is 2. The highest BCUT2D eigenvalue weighted by atomic mass is 127. The Morgan fingerprint density at radius 2 is 0.736 bits per heavy atom. The number of aliphatic hydroxyl groups excluding tert-OH is 2. The van der Waals surface area contributed by atoms with E-state index >= 15 is 0 Å². The van der Waals surface area contributed by atoms with E-state index in [0.717, 1.165) is 64.2 Å². The molecule has 8 atom stereocenters. The van der Waals surface area contributed by atoms with Gasteiger partial charge in [0, 0.05) is 32.9 Å². The van der Waals surface area contributed by atoms with Crippen LogP contribution in [0.3, 0.4) is 0 Å². The summed E-state index contributed by atoms with van der Waals surface area (Å²) in [6.45, 7) is 16.3. The van der Waals surface area contributed by atoms with Crippen molar-refractivity contribution in [3.63, 3.8) is 0 Å². The number of hydrogen-bond acceptors (Lipinski definition) is 27. The third-order valence-electron chi connectivity index (χ3n) is 16.4. The number of halogens is 32. The minimum Gasteiger partial charge on any atom is -0.453 e. The molecule has 144 heavy (non-hydrogen) atoms. The molecule has 0 aromatic heterocycles. The van der Waals surface area contributed by atoms with Gasteiger partial charge in [0.1, 0.15) is 26.1 Å². The highest BCUT2D eigenvalue weighted by molar-refractivity contribution is 14.3. The number of rotatable bonds is 36. The van der Waals surface area contributed by atoms with Crippen LogP contribution >= 0.6 is 47.9 Å². The molecule has 0 aromatic carbocycles. The number of ether oxygens (including phenoxy) is 11. The van der Waals surface area contributed by atoms with Gasteiger partial charge < -0.3 is 49.8 Å². The summed E-state index contributed by atoms with van der Waals surface area (Å²) in [4.78, 5) is 71.2. The molecular formula is C81H155F30I2N8O22P. The number of isocyanates is 2. The van der Waals surface area contributed by atoms with Crippen molar-refractivity contribution in [3.8, 4) is 12.5 Å². The van der Waals surface area contributed by atoms with Crippen molar-refractivity contribution < 1.29 is 238 Å². The SMILES string of the molecule is C.C.C.C.C.C.C.C.C.C.C.C.CC1(C)CC(NC(=O)OCF)CC(C)(CN=C=O)C1.CC1(C)CC(NOCCF)CC(C)(COC#N)C1.CC1(C)CC(OC#N)CC(C)(CN=C=O)C1.CCCF.COC(=O)NC1(C)CC(NC(=O)OCF)CC(C)(C)C1.FCOC(F)(F)OC(F)(F)C(F)(F)OF.FCOC(F)(F)OC(F)(F)C(F)(F)OF.FCOC(F)(F)OC(F)(F)C(F)(F)OF.OCCF.OCF.[2H]P(I)I. The van der Waals surface area contributed by atoms with Crippen LogP contribution in [0.2, 0.25) is 0 Å². The summed E-state index contributed by atoms with van der Waals surface area (Å²) < 4.78 is 390. The predicted octanol–water partition coefficient (Wildman–Crippen LogP) is 28.8. The zero-order valence-electron chi connectivity index (χ0n) is 73.8. The van der Waals surface area contributed by atoms with E-state index in [0.29, 0.717) is 39.0 Å². The third kappa shape index (κ3) is 86.1. The van der Waals surface area contributed by atoms with Gasteiger partial charge in [0.2, 0.25) is 25.9 Å². The number of nitrogens with one attached hydrogen (secondary N) is 4. The lowest BCUT2D eigenvalue weighted by molar-refractivity contribution is -0.548. The number of alkyl halides is 27. The number of carbonyl (C=O) groups is 3. The van der Waals surface area contributed by atoms with Crippen LogP contribution in [0.5, 0.6) is 0 Å². The number of hydroxylamine groups is 1. The molecule has 0 radical (unpaired) electrons. The quantitative estimate of drug-likeness (QED) is 0.00324. The fraction of sp³-hybridized carbons (Fsp3) is 0.914. The molecule has 30 nitrogen and oxygen atoms in total. The molecule has 0 spiro atoms. The van der Waals surface area contributed by atoms with Gasteiger partial charge in [0.15, 0.2) is 27.4 Å². The predicted molar refractivity (Wildman–Crippen MR) is 495 cm³/mol. The number of methoxy groups -OCH3 is 1. The molecule has 4 saturated carbocycles. The maximum Gasteiger partial charge on any atom is 0.492 e. The van der Waals surface area contributed by atoms with Gasteiger partial charge in [-0.25, -0.2) is 83.3 Å². The van der Waals surface area contributed by atoms with Crippen LogP contribution in [0, 0.1) is 60.9 Å². The Morgan fingerprint density at radius 1 is 0.444 bits per heavy atom. The van der Waals surface area contributed by atoms with Crippen LogP contribution in [0.15, 0.2) is 9.98 Å². The summed E-state index contributed by atoms with van der Waals surface area (Å²) >= 11 is 4.12. The van der Waals surface area contributed by atoms with Crippen LogP contribution in [0.4, 0.5) is 147 Å². The Kier molecular flexibility index (Phi) is 110. The first kappa shape index (κ1) is 180. The second-order valence-electron chi connectivity index (χ2n) is 31.8. The van der Waals surface area contributed by atoms with E-state index in [1.54, 1.807) is 31.6 Å². The minimum atomic E-state index is -6.04. The maximum atomic E-state index is 12.0. The van der Waals surface area contributed by atoms with Crippen molar-refractivity contribution in [2.75, 3.05) is 101 Å². The van der Waals surface area contributed by atoms with Gasteiger partial charge in [-0.15, -0.1) is 41.2 Å². The number of carbonyl (C=O) groups excluding carboxylic acids is 5. The van der Waals surface area contributed by atoms with Gasteiger partial charge in [-0.2, -0.15) is 68.7 Å². The van der Waals surface area contributed by atoms with E-state index in [4.69, 9.17) is 36.3 Å². The van der Waals surface area contributed by atoms with E-state index in [1.165, 1.54) is 21.9 Å². The minimum absolute atomic E-state index is 0. The molecule has 8 unspecified atom stereocenters. The Hall–Kier alpha value is -5.58. The highest BCUT2D eigenvalue weighted by Gasteiger charge is 2.68. The highest BCUT2D eigenvalue weighted by Crippen LogP contribution is 2.51. The fourth-order valence-corrected chi connectivity index (χ4v) is 13.9. The molecule has 4 aliphatic rings. The van der Waals surface area contributed by atoms with Crippen molar-refractivity contribution in [1.82, 2.24) is 21.4 Å². The number of aliphatic hydroxyl groups is 2. The molecule has 4 fully saturated rings. The molecule has 0 saturated heterocycles. The smallest absolute Gasteiger partial charge is 0.453 e. The summed E-state index contributed by atoms with van der Waals surface area (Å²) in [7, 11) is 1.31. The monoisotopic (exact) mass is 2450 g/mol. The summed E-state index contributed by atoms with van der Waals surface area (Å²) in [5.74, 6) is 0. The molecule has 63 heteroatoms. The first-order valence-electron chi connectivity index (χ1n) is 37.4. The molecule has 6 N–H and O–H groups in total. The van der Waals surface area contributed by atoms with Gasteiger partial charge in [-0.05, 0) is 181 Å². The van der Waals surface area contributed by atoms with Gasteiger partial charge >= 0.3 is 73.8 Å². The second kappa shape index (κ2) is 88.1. The molecule has 4 rings (SSSR count). The van der Waals surface area contributed by atoms with E-state index in [-0.39, 0.29) is 171 Å². The van der Waals surface area contributed by atoms with Crippen molar-refractivity contribution in [1.29, 1.82) is 11.8 Å². The lowest BCUT2D eigenvalue weighted by atomic mass is 9.62. The van der Waals surface area contributed by atoms with Gasteiger partial charge in [0.25, 0.3) is 12.5 Å². The summed E-state index contributed by atoms with van der Waals surface area (Å²) in [6.07, 6.45) is -37.0. The van der Waals surface area contributed by atoms with Crippen LogP contribution in [-0.2, 0) is 81.4 Å². The van der Waals surface area contributed by atoms with E-state index < -0.39 is 138 Å². The zero-order valence-corrected chi connectivity index (χ0v) is 78.0. The van der Waals surface area contributed by atoms with Gasteiger partial charge in [-0.3, -0.25) is 23.4 Å². The van der Waals surface area contributed by atoms with E-state index in [9.17, 15) is 156 Å². The third-order valence-corrected chi connectivity index (χ3v) is 16.4. The molecule has 0 aliphatic heterocycles. The fourth-order valence-electron chi connectivity index (χ4n) is 13.9. The van der Waals surface area contributed by atoms with Crippen LogP contribution < -0.4 is 21.4 Å². The van der Waals surface area contributed by atoms with Crippen molar-refractivity contribution in [2.24, 2.45) is 47.9 Å². The van der Waals surface area contributed by atoms with E-state index in [2.05, 4.69) is 187 Å². The number of hydrogen-bond donors (Lipinski definition) is 6. The Bertz CT molecular complexity index is 3260. The van der Waals surface area contributed by atoms with Crippen molar-refractivity contribution in [2.45, 2.75) is 348 Å². The average molecular weight is 2450 g/mol. The summed E-state index contributed by atoms with van der Waals surface area (Å²) in [6, 6.07) is -0.123. The van der Waals surface area contributed by atoms with Crippen molar-refractivity contribution >= 4 is 78.3 Å². The number of aliphatic imine (C=N–C) groups is 2. The zero-order chi connectivity index (χ0) is 106. The van der Waals surface area contributed by atoms with E-state index in [1.807, 2.05) is 13.8 Å². The lowest BCUT2D eigenvalue weighted by Gasteiger charge is -2.46. The lowest BCUT2D eigenvalue weighted by Crippen LogP contribution is -2.57. The first-order valence-corrected chi connectivity index (χ1v) is 43.4.